The Morgan fingerprint density at radius 2 is 1.65 bits per heavy atom. The van der Waals surface area contributed by atoms with Crippen LogP contribution in [0.4, 0.5) is 24.5 Å². The van der Waals surface area contributed by atoms with Gasteiger partial charge in [0.15, 0.2) is 0 Å². The Balaban J connectivity index is 2.26. The third-order valence-corrected chi connectivity index (χ3v) is 4.61. The minimum atomic E-state index is -4.41. The Labute approximate surface area is 139 Å². The molecule has 0 amide bonds. The van der Waals surface area contributed by atoms with Gasteiger partial charge in [0.2, 0.25) is 0 Å². The van der Waals surface area contributed by atoms with E-state index in [1.165, 1.54) is 36.4 Å². The zero-order valence-corrected chi connectivity index (χ0v) is 14.0. The maximum atomic E-state index is 12.3. The molecule has 2 rings (SSSR count). The molecule has 4 nitrogen and oxygen atoms in total. The van der Waals surface area contributed by atoms with Crippen molar-refractivity contribution in [2.45, 2.75) is 11.1 Å². The van der Waals surface area contributed by atoms with Crippen molar-refractivity contribution < 1.29 is 21.6 Å². The number of anilines is 2. The van der Waals surface area contributed by atoms with Crippen LogP contribution < -0.4 is 10.0 Å². The van der Waals surface area contributed by atoms with Crippen LogP contribution in [0, 0.1) is 0 Å². The van der Waals surface area contributed by atoms with Crippen LogP contribution in [0.2, 0.25) is 0 Å². The minimum Gasteiger partial charge on any atom is -0.375 e. The van der Waals surface area contributed by atoms with Gasteiger partial charge in [-0.05, 0) is 30.3 Å². The molecule has 2 aromatic rings. The molecule has 0 saturated carbocycles. The van der Waals surface area contributed by atoms with E-state index in [1.807, 2.05) is 0 Å². The quantitative estimate of drug-likeness (QED) is 0.778. The van der Waals surface area contributed by atoms with Gasteiger partial charge in [-0.3, -0.25) is 4.72 Å². The third-order valence-electron chi connectivity index (χ3n) is 2.76. The lowest BCUT2D eigenvalue weighted by Crippen LogP contribution is -2.22. The first-order chi connectivity index (χ1) is 10.7. The topological polar surface area (TPSA) is 58.2 Å². The summed E-state index contributed by atoms with van der Waals surface area (Å²) >= 11 is 3.17. The van der Waals surface area contributed by atoms with Gasteiger partial charge in [0.25, 0.3) is 10.0 Å². The second kappa shape index (κ2) is 6.79. The summed E-state index contributed by atoms with van der Waals surface area (Å²) in [6, 6.07) is 11.8. The summed E-state index contributed by atoms with van der Waals surface area (Å²) in [6.45, 7) is -1.26. The first-order valence-electron chi connectivity index (χ1n) is 6.35. The SMILES string of the molecule is O=S(=O)(Nc1ccccc1NCC(F)(F)F)c1cccc(Br)c1. The van der Waals surface area contributed by atoms with Gasteiger partial charge in [-0.15, -0.1) is 0 Å². The smallest absolute Gasteiger partial charge is 0.375 e. The number of para-hydroxylation sites is 2. The molecule has 0 fully saturated rings. The van der Waals surface area contributed by atoms with Crippen LogP contribution in [0.15, 0.2) is 57.9 Å². The number of rotatable bonds is 5. The number of hydrogen-bond donors (Lipinski definition) is 2. The molecular weight excluding hydrogens is 397 g/mol. The lowest BCUT2D eigenvalue weighted by Gasteiger charge is -2.15. The predicted octanol–water partition coefficient (Wildman–Crippen LogP) is 4.22. The van der Waals surface area contributed by atoms with Gasteiger partial charge in [-0.1, -0.05) is 34.1 Å². The van der Waals surface area contributed by atoms with Gasteiger partial charge in [0.1, 0.15) is 6.54 Å². The highest BCUT2D eigenvalue weighted by molar-refractivity contribution is 9.10. The predicted molar refractivity (Wildman–Crippen MR) is 85.9 cm³/mol. The van der Waals surface area contributed by atoms with Crippen molar-refractivity contribution in [1.82, 2.24) is 0 Å². The van der Waals surface area contributed by atoms with E-state index in [4.69, 9.17) is 0 Å². The van der Waals surface area contributed by atoms with E-state index < -0.39 is 22.7 Å². The molecule has 0 bridgehead atoms. The number of nitrogens with one attached hydrogen (secondary N) is 2. The Hall–Kier alpha value is -1.74. The highest BCUT2D eigenvalue weighted by atomic mass is 79.9. The standard InChI is InChI=1S/C14H12BrF3N2O2S/c15-10-4-3-5-11(8-10)23(21,22)20-13-7-2-1-6-12(13)19-9-14(16,17)18/h1-8,19-20H,9H2. The second-order valence-electron chi connectivity index (χ2n) is 4.58. The summed E-state index contributed by atoms with van der Waals surface area (Å²) in [4.78, 5) is -0.00232. The van der Waals surface area contributed by atoms with Crippen LogP contribution >= 0.6 is 15.9 Å². The van der Waals surface area contributed by atoms with Crippen molar-refractivity contribution in [2.24, 2.45) is 0 Å². The molecule has 2 N–H and O–H groups in total. The molecule has 0 atom stereocenters. The van der Waals surface area contributed by atoms with Crippen LogP contribution in [0.1, 0.15) is 0 Å². The highest BCUT2D eigenvalue weighted by Crippen LogP contribution is 2.26. The molecule has 0 radical (unpaired) electrons. The second-order valence-corrected chi connectivity index (χ2v) is 7.18. The molecule has 0 aliphatic carbocycles. The van der Waals surface area contributed by atoms with Gasteiger partial charge < -0.3 is 5.32 Å². The average Bonchev–Trinajstić information content (AvgIpc) is 2.45. The Kier molecular flexibility index (Phi) is 5.20. The number of sulfonamides is 1. The van der Waals surface area contributed by atoms with E-state index in [0.717, 1.165) is 0 Å². The fourth-order valence-electron chi connectivity index (χ4n) is 1.76. The van der Waals surface area contributed by atoms with Gasteiger partial charge in [0.05, 0.1) is 16.3 Å². The first kappa shape index (κ1) is 17.6. The molecule has 0 aliphatic heterocycles. The van der Waals surface area contributed by atoms with Crippen molar-refractivity contribution in [1.29, 1.82) is 0 Å². The van der Waals surface area contributed by atoms with E-state index in [2.05, 4.69) is 26.0 Å². The molecule has 23 heavy (non-hydrogen) atoms. The molecule has 2 aromatic carbocycles. The molecule has 0 aromatic heterocycles. The van der Waals surface area contributed by atoms with Crippen molar-refractivity contribution in [3.63, 3.8) is 0 Å². The van der Waals surface area contributed by atoms with E-state index >= 15 is 0 Å². The van der Waals surface area contributed by atoms with E-state index in [1.54, 1.807) is 12.1 Å². The van der Waals surface area contributed by atoms with Crippen LogP contribution in [-0.4, -0.2) is 21.1 Å². The number of hydrogen-bond acceptors (Lipinski definition) is 3. The monoisotopic (exact) mass is 408 g/mol. The van der Waals surface area contributed by atoms with Gasteiger partial charge in [-0.2, -0.15) is 13.2 Å². The Morgan fingerprint density at radius 3 is 2.26 bits per heavy atom. The molecule has 124 valence electrons. The fraction of sp³-hybridized carbons (Fsp3) is 0.143. The summed E-state index contributed by atoms with van der Waals surface area (Å²) in [5.74, 6) is 0. The highest BCUT2D eigenvalue weighted by Gasteiger charge is 2.27. The van der Waals surface area contributed by atoms with Crippen molar-refractivity contribution in [2.75, 3.05) is 16.6 Å². The van der Waals surface area contributed by atoms with Gasteiger partial charge in [-0.25, -0.2) is 8.42 Å². The summed E-state index contributed by atoms with van der Waals surface area (Å²) in [5.41, 5.74) is 0.0834. The van der Waals surface area contributed by atoms with Crippen molar-refractivity contribution in [3.8, 4) is 0 Å². The van der Waals surface area contributed by atoms with Crippen LogP contribution in [0.25, 0.3) is 0 Å². The molecule has 0 aliphatic rings. The van der Waals surface area contributed by atoms with Crippen LogP contribution in [0.5, 0.6) is 0 Å². The maximum Gasteiger partial charge on any atom is 0.405 e. The lowest BCUT2D eigenvalue weighted by molar-refractivity contribution is -0.115. The number of benzene rings is 2. The molecule has 0 saturated heterocycles. The molecule has 0 heterocycles. The van der Waals surface area contributed by atoms with Crippen molar-refractivity contribution >= 4 is 37.3 Å². The Morgan fingerprint density at radius 1 is 1.00 bits per heavy atom. The summed E-state index contributed by atoms with van der Waals surface area (Å²) in [7, 11) is -3.91. The van der Waals surface area contributed by atoms with E-state index in [9.17, 15) is 21.6 Å². The van der Waals surface area contributed by atoms with Crippen molar-refractivity contribution in [3.05, 3.63) is 53.0 Å². The molecule has 0 unspecified atom stereocenters. The number of halogens is 4. The lowest BCUT2D eigenvalue weighted by atomic mass is 10.3. The zero-order valence-electron chi connectivity index (χ0n) is 11.6. The summed E-state index contributed by atoms with van der Waals surface area (Å²) in [6.07, 6.45) is -4.41. The fourth-order valence-corrected chi connectivity index (χ4v) is 3.44. The first-order valence-corrected chi connectivity index (χ1v) is 8.63. The summed E-state index contributed by atoms with van der Waals surface area (Å²) in [5, 5.41) is 2.18. The molecular formula is C14H12BrF3N2O2S. The molecule has 0 spiro atoms. The van der Waals surface area contributed by atoms with Crippen LogP contribution in [0.3, 0.4) is 0 Å². The normalized spacial score (nSPS) is 12.0. The average molecular weight is 409 g/mol. The zero-order chi connectivity index (χ0) is 17.1. The van der Waals surface area contributed by atoms with Crippen LogP contribution in [-0.2, 0) is 10.0 Å². The summed E-state index contributed by atoms with van der Waals surface area (Å²) < 4.78 is 64.5. The van der Waals surface area contributed by atoms with Gasteiger partial charge in [0, 0.05) is 4.47 Å². The van der Waals surface area contributed by atoms with E-state index in [-0.39, 0.29) is 16.3 Å². The number of alkyl halides is 3. The largest absolute Gasteiger partial charge is 0.405 e. The third kappa shape index (κ3) is 5.14. The van der Waals surface area contributed by atoms with E-state index in [0.29, 0.717) is 4.47 Å². The maximum absolute atomic E-state index is 12.3. The minimum absolute atomic E-state index is 0.00232. The Bertz CT molecular complexity index is 795. The van der Waals surface area contributed by atoms with Gasteiger partial charge >= 0.3 is 6.18 Å². The molecule has 9 heteroatoms.